The molecule has 2 heterocycles. The Bertz CT molecular complexity index is 471. The summed E-state index contributed by atoms with van der Waals surface area (Å²) in [6, 6.07) is 3.86. The summed E-state index contributed by atoms with van der Waals surface area (Å²) in [4.78, 5) is 11.7. The molecule has 0 spiro atoms. The third-order valence-electron chi connectivity index (χ3n) is 2.73. The molecule has 2 atom stereocenters. The number of rotatable bonds is 0. The van der Waals surface area contributed by atoms with E-state index in [9.17, 15) is 4.79 Å². The summed E-state index contributed by atoms with van der Waals surface area (Å²) in [6.07, 6.45) is 0.271. The molecule has 1 saturated heterocycles. The standard InChI is InChI=1S/C9H7BrN4O/c1-8-3-9(4-12,7(15)14-8)5(2-11)6(10)13-8/h13H,3H2,1H3,(H,14,15). The number of fused-ring (bicyclic) bond motifs is 2. The number of hydrogen-bond acceptors (Lipinski definition) is 4. The fourth-order valence-corrected chi connectivity index (χ4v) is 2.94. The zero-order valence-corrected chi connectivity index (χ0v) is 9.47. The summed E-state index contributed by atoms with van der Waals surface area (Å²) in [5, 5.41) is 23.7. The molecule has 6 heteroatoms. The molecule has 0 aromatic heterocycles. The lowest BCUT2D eigenvalue weighted by Gasteiger charge is -2.32. The quantitative estimate of drug-likeness (QED) is 0.624. The van der Waals surface area contributed by atoms with Gasteiger partial charge in [0.25, 0.3) is 0 Å². The second-order valence-corrected chi connectivity index (χ2v) is 4.70. The first-order valence-electron chi connectivity index (χ1n) is 4.30. The van der Waals surface area contributed by atoms with E-state index in [0.29, 0.717) is 4.61 Å². The van der Waals surface area contributed by atoms with Crippen LogP contribution in [-0.4, -0.2) is 11.6 Å². The minimum absolute atomic E-state index is 0.150. The van der Waals surface area contributed by atoms with E-state index in [-0.39, 0.29) is 12.0 Å². The largest absolute Gasteiger partial charge is 0.356 e. The van der Waals surface area contributed by atoms with Crippen molar-refractivity contribution in [2.45, 2.75) is 19.0 Å². The van der Waals surface area contributed by atoms with E-state index in [1.54, 1.807) is 6.92 Å². The van der Waals surface area contributed by atoms with Crippen LogP contribution in [-0.2, 0) is 4.79 Å². The van der Waals surface area contributed by atoms with E-state index in [2.05, 4.69) is 26.6 Å². The number of nitrogens with zero attached hydrogens (tertiary/aromatic N) is 2. The number of hydrogen-bond donors (Lipinski definition) is 2. The third-order valence-corrected chi connectivity index (χ3v) is 3.33. The molecule has 0 aromatic rings. The maximum absolute atomic E-state index is 11.7. The molecule has 2 rings (SSSR count). The van der Waals surface area contributed by atoms with Gasteiger partial charge in [-0.3, -0.25) is 4.79 Å². The van der Waals surface area contributed by atoms with Crippen LogP contribution in [0.4, 0.5) is 0 Å². The van der Waals surface area contributed by atoms with Crippen molar-refractivity contribution in [2.75, 3.05) is 0 Å². The molecule has 0 radical (unpaired) electrons. The zero-order chi connectivity index (χ0) is 11.3. The Hall–Kier alpha value is -1.53. The van der Waals surface area contributed by atoms with E-state index in [0.717, 1.165) is 0 Å². The highest BCUT2D eigenvalue weighted by Crippen LogP contribution is 2.46. The van der Waals surface area contributed by atoms with Crippen molar-refractivity contribution in [3.05, 3.63) is 10.2 Å². The molecule has 2 N–H and O–H groups in total. The Labute approximate surface area is 94.9 Å². The topological polar surface area (TPSA) is 88.7 Å². The lowest BCUT2D eigenvalue weighted by Crippen LogP contribution is -2.50. The molecule has 1 amide bonds. The second-order valence-electron chi connectivity index (χ2n) is 3.91. The van der Waals surface area contributed by atoms with Crippen LogP contribution in [0.2, 0.25) is 0 Å². The molecule has 2 bridgehead atoms. The number of carbonyl (C=O) groups is 1. The highest BCUT2D eigenvalue weighted by atomic mass is 79.9. The Morgan fingerprint density at radius 2 is 2.13 bits per heavy atom. The van der Waals surface area contributed by atoms with E-state index < -0.39 is 17.0 Å². The fraction of sp³-hybridized carbons (Fsp3) is 0.444. The van der Waals surface area contributed by atoms with E-state index in [1.807, 2.05) is 12.1 Å². The van der Waals surface area contributed by atoms with Gasteiger partial charge in [0.1, 0.15) is 5.66 Å². The van der Waals surface area contributed by atoms with Gasteiger partial charge in [0.2, 0.25) is 5.91 Å². The molecule has 76 valence electrons. The van der Waals surface area contributed by atoms with Crippen LogP contribution in [0.25, 0.3) is 0 Å². The maximum Gasteiger partial charge on any atom is 0.247 e. The van der Waals surface area contributed by atoms with Gasteiger partial charge >= 0.3 is 0 Å². The van der Waals surface area contributed by atoms with Crippen molar-refractivity contribution in [3.63, 3.8) is 0 Å². The molecular formula is C9H7BrN4O. The molecule has 2 aliphatic heterocycles. The van der Waals surface area contributed by atoms with Gasteiger partial charge in [-0.25, -0.2) is 0 Å². The summed E-state index contributed by atoms with van der Waals surface area (Å²) >= 11 is 3.18. The molecule has 15 heavy (non-hydrogen) atoms. The van der Waals surface area contributed by atoms with Crippen LogP contribution in [0.15, 0.2) is 10.2 Å². The lowest BCUT2D eigenvalue weighted by atomic mass is 9.77. The molecule has 0 saturated carbocycles. The van der Waals surface area contributed by atoms with Crippen molar-refractivity contribution in [1.82, 2.24) is 10.6 Å². The summed E-state index contributed by atoms with van der Waals surface area (Å²) in [6.45, 7) is 1.78. The van der Waals surface area contributed by atoms with Gasteiger partial charge in [-0.05, 0) is 22.9 Å². The maximum atomic E-state index is 11.7. The van der Waals surface area contributed by atoms with Crippen molar-refractivity contribution < 1.29 is 4.79 Å². The first-order chi connectivity index (χ1) is 6.97. The van der Waals surface area contributed by atoms with Crippen LogP contribution >= 0.6 is 15.9 Å². The molecular weight excluding hydrogens is 260 g/mol. The molecule has 2 aliphatic rings. The van der Waals surface area contributed by atoms with Gasteiger partial charge in [0, 0.05) is 6.42 Å². The first-order valence-corrected chi connectivity index (χ1v) is 5.09. The highest BCUT2D eigenvalue weighted by molar-refractivity contribution is 9.11. The number of halogens is 1. The molecule has 0 aromatic carbocycles. The normalized spacial score (nSPS) is 37.7. The van der Waals surface area contributed by atoms with E-state index in [1.165, 1.54) is 0 Å². The van der Waals surface area contributed by atoms with E-state index >= 15 is 0 Å². The monoisotopic (exact) mass is 266 g/mol. The SMILES string of the molecule is CC12CC(C#N)(C(=O)N1)C(C#N)=C(Br)N2. The summed E-state index contributed by atoms with van der Waals surface area (Å²) in [5.74, 6) is -0.411. The highest BCUT2D eigenvalue weighted by Gasteiger charge is 2.59. The van der Waals surface area contributed by atoms with Crippen LogP contribution in [0.3, 0.4) is 0 Å². The fourth-order valence-electron chi connectivity index (χ4n) is 2.07. The Kier molecular flexibility index (Phi) is 1.83. The van der Waals surface area contributed by atoms with Crippen molar-refractivity contribution in [3.8, 4) is 12.1 Å². The lowest BCUT2D eigenvalue weighted by molar-refractivity contribution is -0.123. The van der Waals surface area contributed by atoms with Crippen molar-refractivity contribution >= 4 is 21.8 Å². The van der Waals surface area contributed by atoms with Gasteiger partial charge in [0.05, 0.1) is 22.3 Å². The Morgan fingerprint density at radius 1 is 1.47 bits per heavy atom. The second kappa shape index (κ2) is 2.74. The Morgan fingerprint density at radius 3 is 2.67 bits per heavy atom. The minimum Gasteiger partial charge on any atom is -0.356 e. The van der Waals surface area contributed by atoms with Gasteiger partial charge in [-0.2, -0.15) is 10.5 Å². The van der Waals surface area contributed by atoms with Crippen molar-refractivity contribution in [2.24, 2.45) is 5.41 Å². The summed E-state index contributed by atoms with van der Waals surface area (Å²) in [5.41, 5.74) is -1.84. The summed E-state index contributed by atoms with van der Waals surface area (Å²) < 4.78 is 0.415. The van der Waals surface area contributed by atoms with Gasteiger partial charge in [0.15, 0.2) is 5.41 Å². The third kappa shape index (κ3) is 1.09. The predicted octanol–water partition coefficient (Wildman–Crippen LogP) is 0.466. The molecule has 0 aliphatic carbocycles. The molecule has 1 fully saturated rings. The number of nitriles is 2. The van der Waals surface area contributed by atoms with E-state index in [4.69, 9.17) is 10.5 Å². The van der Waals surface area contributed by atoms with Gasteiger partial charge in [-0.15, -0.1) is 0 Å². The Balaban J connectivity index is 2.68. The van der Waals surface area contributed by atoms with Crippen molar-refractivity contribution in [1.29, 1.82) is 10.5 Å². The van der Waals surface area contributed by atoms with Crippen LogP contribution in [0.5, 0.6) is 0 Å². The molecule has 2 unspecified atom stereocenters. The average molecular weight is 267 g/mol. The van der Waals surface area contributed by atoms with Crippen LogP contribution in [0.1, 0.15) is 13.3 Å². The summed E-state index contributed by atoms with van der Waals surface area (Å²) in [7, 11) is 0. The van der Waals surface area contributed by atoms with Crippen LogP contribution in [0, 0.1) is 28.1 Å². The molecule has 5 nitrogen and oxygen atoms in total. The average Bonchev–Trinajstić information content (AvgIpc) is 2.35. The zero-order valence-electron chi connectivity index (χ0n) is 7.89. The van der Waals surface area contributed by atoms with Gasteiger partial charge < -0.3 is 10.6 Å². The minimum atomic E-state index is -1.34. The smallest absolute Gasteiger partial charge is 0.247 e. The predicted molar refractivity (Wildman–Crippen MR) is 53.9 cm³/mol. The first kappa shape index (κ1) is 10.0. The van der Waals surface area contributed by atoms with Crippen LogP contribution < -0.4 is 10.6 Å². The number of amides is 1. The number of nitrogens with one attached hydrogen (secondary N) is 2. The number of carbonyl (C=O) groups excluding carboxylic acids is 1. The van der Waals surface area contributed by atoms with Gasteiger partial charge in [-0.1, -0.05) is 0 Å².